The second-order valence-corrected chi connectivity index (χ2v) is 3.92. The Bertz CT molecular complexity index is 572. The Balaban J connectivity index is 2.19. The fourth-order valence-corrected chi connectivity index (χ4v) is 1.64. The molecule has 0 amide bonds. The molecule has 2 nitrogen and oxygen atoms in total. The van der Waals surface area contributed by atoms with Crippen LogP contribution in [0.4, 0.5) is 23.2 Å². The Morgan fingerprint density at radius 1 is 0.842 bits per heavy atom. The normalized spacial score (nSPS) is 10.5. The molecule has 2 aromatic rings. The van der Waals surface area contributed by atoms with Crippen molar-refractivity contribution in [3.05, 3.63) is 59.2 Å². The van der Waals surface area contributed by atoms with E-state index in [1.165, 1.54) is 6.07 Å². The van der Waals surface area contributed by atoms with Crippen LogP contribution in [0.5, 0.6) is 5.75 Å². The third kappa shape index (κ3) is 3.15. The van der Waals surface area contributed by atoms with Gasteiger partial charge in [0.05, 0.1) is 0 Å². The highest BCUT2D eigenvalue weighted by atomic mass is 19.1. The Hall–Kier alpha value is -2.24. The molecule has 0 saturated carbocycles. The Morgan fingerprint density at radius 2 is 1.42 bits per heavy atom. The first-order valence-corrected chi connectivity index (χ1v) is 5.32. The van der Waals surface area contributed by atoms with E-state index in [-0.39, 0.29) is 12.3 Å². The fraction of sp³-hybridized carbons (Fsp3) is 0.0769. The molecule has 0 aliphatic rings. The summed E-state index contributed by atoms with van der Waals surface area (Å²) in [6.45, 7) is -0.120. The minimum atomic E-state index is -1.09. The van der Waals surface area contributed by atoms with Gasteiger partial charge in [0.1, 0.15) is 23.1 Å². The van der Waals surface area contributed by atoms with Crippen molar-refractivity contribution >= 4 is 5.69 Å². The molecule has 100 valence electrons. The molecule has 0 saturated heterocycles. The van der Waals surface area contributed by atoms with E-state index >= 15 is 0 Å². The Kier molecular flexibility index (Phi) is 3.59. The number of anilines is 1. The maximum atomic E-state index is 13.3. The van der Waals surface area contributed by atoms with Crippen molar-refractivity contribution in [3.63, 3.8) is 0 Å². The van der Waals surface area contributed by atoms with Crippen molar-refractivity contribution in [2.24, 2.45) is 0 Å². The summed E-state index contributed by atoms with van der Waals surface area (Å²) >= 11 is 0. The summed E-state index contributed by atoms with van der Waals surface area (Å²) in [5.74, 6) is -4.16. The van der Waals surface area contributed by atoms with Crippen molar-refractivity contribution in [2.75, 3.05) is 5.32 Å². The zero-order chi connectivity index (χ0) is 14.0. The first kappa shape index (κ1) is 13.2. The van der Waals surface area contributed by atoms with Gasteiger partial charge in [0.2, 0.25) is 0 Å². The van der Waals surface area contributed by atoms with Gasteiger partial charge in [-0.1, -0.05) is 0 Å². The maximum absolute atomic E-state index is 13.3. The summed E-state index contributed by atoms with van der Waals surface area (Å²) in [6.07, 6.45) is 0. The van der Waals surface area contributed by atoms with Gasteiger partial charge in [-0.05, 0) is 17.7 Å². The lowest BCUT2D eigenvalue weighted by Crippen LogP contribution is -2.04. The summed E-state index contributed by atoms with van der Waals surface area (Å²) in [5, 5.41) is 11.6. The molecule has 0 spiro atoms. The summed E-state index contributed by atoms with van der Waals surface area (Å²) in [4.78, 5) is 0. The predicted octanol–water partition coefficient (Wildman–Crippen LogP) is 3.56. The molecule has 19 heavy (non-hydrogen) atoms. The number of rotatable bonds is 3. The van der Waals surface area contributed by atoms with E-state index in [1.54, 1.807) is 0 Å². The average Bonchev–Trinajstić information content (AvgIpc) is 2.25. The average molecular weight is 271 g/mol. The number of aromatic hydroxyl groups is 1. The second-order valence-electron chi connectivity index (χ2n) is 3.92. The van der Waals surface area contributed by atoms with Crippen LogP contribution < -0.4 is 5.32 Å². The number of halogens is 4. The summed E-state index contributed by atoms with van der Waals surface area (Å²) in [7, 11) is 0. The molecule has 6 heteroatoms. The fourth-order valence-electron chi connectivity index (χ4n) is 1.64. The van der Waals surface area contributed by atoms with E-state index < -0.39 is 29.0 Å². The lowest BCUT2D eigenvalue weighted by Gasteiger charge is -2.09. The molecule has 0 fully saturated rings. The molecule has 0 aliphatic heterocycles. The highest BCUT2D eigenvalue weighted by Crippen LogP contribution is 2.22. The van der Waals surface area contributed by atoms with Gasteiger partial charge in [-0.2, -0.15) is 0 Å². The number of hydrogen-bond acceptors (Lipinski definition) is 2. The maximum Gasteiger partial charge on any atom is 0.152 e. The minimum absolute atomic E-state index is 0.120. The molecular formula is C13H9F4NO. The van der Waals surface area contributed by atoms with Gasteiger partial charge in [0.25, 0.3) is 0 Å². The molecule has 2 aromatic carbocycles. The second kappa shape index (κ2) is 5.17. The van der Waals surface area contributed by atoms with Gasteiger partial charge >= 0.3 is 0 Å². The number of phenolic OH excluding ortho intramolecular Hbond substituents is 1. The Morgan fingerprint density at radius 3 is 2.00 bits per heavy atom. The molecule has 0 bridgehead atoms. The molecule has 0 heterocycles. The van der Waals surface area contributed by atoms with Gasteiger partial charge in [-0.15, -0.1) is 0 Å². The molecule has 0 aromatic heterocycles. The van der Waals surface area contributed by atoms with E-state index in [0.717, 1.165) is 12.1 Å². The van der Waals surface area contributed by atoms with Gasteiger partial charge < -0.3 is 10.4 Å². The largest absolute Gasteiger partial charge is 0.508 e. The van der Waals surface area contributed by atoms with Crippen molar-refractivity contribution < 1.29 is 22.7 Å². The molecule has 0 radical (unpaired) electrons. The lowest BCUT2D eigenvalue weighted by atomic mass is 10.2. The van der Waals surface area contributed by atoms with Crippen LogP contribution in [0.15, 0.2) is 30.3 Å². The summed E-state index contributed by atoms with van der Waals surface area (Å²) < 4.78 is 52.3. The lowest BCUT2D eigenvalue weighted by molar-refractivity contribution is 0.468. The van der Waals surface area contributed by atoms with Crippen LogP contribution >= 0.6 is 0 Å². The Labute approximate surface area is 106 Å². The van der Waals surface area contributed by atoms with E-state index in [1.807, 2.05) is 0 Å². The van der Waals surface area contributed by atoms with Crippen molar-refractivity contribution in [3.8, 4) is 5.75 Å². The quantitative estimate of drug-likeness (QED) is 0.836. The smallest absolute Gasteiger partial charge is 0.152 e. The van der Waals surface area contributed by atoms with Crippen LogP contribution in [-0.2, 0) is 6.54 Å². The summed E-state index contributed by atoms with van der Waals surface area (Å²) in [5.41, 5.74) is -0.217. The third-order valence-corrected chi connectivity index (χ3v) is 2.42. The van der Waals surface area contributed by atoms with Crippen molar-refractivity contribution in [1.29, 1.82) is 0 Å². The van der Waals surface area contributed by atoms with E-state index in [9.17, 15) is 22.7 Å². The first-order chi connectivity index (χ1) is 8.95. The topological polar surface area (TPSA) is 32.3 Å². The molecule has 0 unspecified atom stereocenters. The summed E-state index contributed by atoms with van der Waals surface area (Å²) in [6, 6.07) is 4.33. The van der Waals surface area contributed by atoms with Crippen molar-refractivity contribution in [2.45, 2.75) is 6.54 Å². The van der Waals surface area contributed by atoms with Crippen LogP contribution in [-0.4, -0.2) is 5.11 Å². The molecule has 0 aliphatic carbocycles. The van der Waals surface area contributed by atoms with E-state index in [0.29, 0.717) is 17.7 Å². The van der Waals surface area contributed by atoms with E-state index in [2.05, 4.69) is 5.32 Å². The number of benzene rings is 2. The standard InChI is InChI=1S/C13H9F4NO/c14-8-1-7(2-10(19)3-8)6-18-13-11(16)4-9(15)5-12(13)17/h1-5,18-19H,6H2. The van der Waals surface area contributed by atoms with Crippen LogP contribution in [0, 0.1) is 23.3 Å². The number of hydrogen-bond donors (Lipinski definition) is 2. The van der Waals surface area contributed by atoms with Gasteiger partial charge in [0.15, 0.2) is 11.6 Å². The predicted molar refractivity (Wildman–Crippen MR) is 61.7 cm³/mol. The van der Waals surface area contributed by atoms with E-state index in [4.69, 9.17) is 0 Å². The molecule has 2 N–H and O–H groups in total. The number of nitrogens with one attached hydrogen (secondary N) is 1. The highest BCUT2D eigenvalue weighted by Gasteiger charge is 2.11. The highest BCUT2D eigenvalue weighted by molar-refractivity contribution is 5.47. The third-order valence-electron chi connectivity index (χ3n) is 2.42. The molecule has 2 rings (SSSR count). The number of phenols is 1. The monoisotopic (exact) mass is 271 g/mol. The minimum Gasteiger partial charge on any atom is -0.508 e. The van der Waals surface area contributed by atoms with Gasteiger partial charge in [-0.25, -0.2) is 17.6 Å². The van der Waals surface area contributed by atoms with Crippen molar-refractivity contribution in [1.82, 2.24) is 0 Å². The zero-order valence-corrected chi connectivity index (χ0v) is 9.55. The SMILES string of the molecule is Oc1cc(F)cc(CNc2c(F)cc(F)cc2F)c1. The van der Waals surface area contributed by atoms with Gasteiger partial charge in [0, 0.05) is 24.7 Å². The van der Waals surface area contributed by atoms with Gasteiger partial charge in [-0.3, -0.25) is 0 Å². The van der Waals surface area contributed by atoms with Crippen LogP contribution in [0.25, 0.3) is 0 Å². The molecular weight excluding hydrogens is 262 g/mol. The van der Waals surface area contributed by atoms with Crippen LogP contribution in [0.2, 0.25) is 0 Å². The zero-order valence-electron chi connectivity index (χ0n) is 9.55. The molecule has 0 atom stereocenters. The van der Waals surface area contributed by atoms with Crippen LogP contribution in [0.3, 0.4) is 0 Å². The first-order valence-electron chi connectivity index (χ1n) is 5.32. The van der Waals surface area contributed by atoms with Crippen LogP contribution in [0.1, 0.15) is 5.56 Å².